The van der Waals surface area contributed by atoms with E-state index in [0.717, 1.165) is 12.1 Å². The second-order valence-corrected chi connectivity index (χ2v) is 5.68. The largest absolute Gasteiger partial charge is 0.486 e. The molecule has 6 nitrogen and oxygen atoms in total. The third-order valence-corrected chi connectivity index (χ3v) is 3.79. The smallest absolute Gasteiger partial charge is 0.416 e. The summed E-state index contributed by atoms with van der Waals surface area (Å²) in [5, 5.41) is 0. The quantitative estimate of drug-likeness (QED) is 0.834. The van der Waals surface area contributed by atoms with Gasteiger partial charge in [0.05, 0.1) is 31.5 Å². The zero-order valence-corrected chi connectivity index (χ0v) is 13.6. The summed E-state index contributed by atoms with van der Waals surface area (Å²) >= 11 is 0. The number of amides is 1. The Morgan fingerprint density at radius 2 is 2.00 bits per heavy atom. The van der Waals surface area contributed by atoms with Gasteiger partial charge >= 0.3 is 6.18 Å². The molecule has 3 rings (SSSR count). The van der Waals surface area contributed by atoms with E-state index in [1.165, 1.54) is 35.6 Å². The summed E-state index contributed by atoms with van der Waals surface area (Å²) in [7, 11) is 0. The standard InChI is InChI=1S/C17H16F3N3O3/c18-17(19,20)12-1-3-13(4-2-12)26-14-10-23(7-8-25-11-14)16(24)15-9-21-5-6-22-15/h1-6,9,14H,7-8,10-11H2/t14-/m1/s1. The molecule has 0 radical (unpaired) electrons. The van der Waals surface area contributed by atoms with Crippen LogP contribution in [-0.4, -0.2) is 53.2 Å². The molecule has 1 amide bonds. The van der Waals surface area contributed by atoms with Crippen molar-refractivity contribution in [1.82, 2.24) is 14.9 Å². The molecule has 1 aliphatic rings. The molecule has 0 unspecified atom stereocenters. The number of halogens is 3. The predicted molar refractivity (Wildman–Crippen MR) is 84.6 cm³/mol. The first-order valence-corrected chi connectivity index (χ1v) is 7.90. The number of hydrogen-bond donors (Lipinski definition) is 0. The first kappa shape index (κ1) is 18.1. The number of rotatable bonds is 3. The number of hydrogen-bond acceptors (Lipinski definition) is 5. The van der Waals surface area contributed by atoms with Crippen LogP contribution in [0.3, 0.4) is 0 Å². The van der Waals surface area contributed by atoms with Gasteiger partial charge in [0.1, 0.15) is 17.5 Å². The molecule has 138 valence electrons. The Hall–Kier alpha value is -2.68. The van der Waals surface area contributed by atoms with E-state index in [1.54, 1.807) is 0 Å². The van der Waals surface area contributed by atoms with E-state index in [1.807, 2.05) is 0 Å². The molecule has 1 atom stereocenters. The number of carbonyl (C=O) groups is 1. The molecule has 1 aromatic heterocycles. The number of ether oxygens (including phenoxy) is 2. The van der Waals surface area contributed by atoms with Crippen molar-refractivity contribution in [2.24, 2.45) is 0 Å². The van der Waals surface area contributed by atoms with Gasteiger partial charge in [0.25, 0.3) is 5.91 Å². The van der Waals surface area contributed by atoms with Crippen LogP contribution < -0.4 is 4.74 Å². The third-order valence-electron chi connectivity index (χ3n) is 3.79. The maximum Gasteiger partial charge on any atom is 0.416 e. The lowest BCUT2D eigenvalue weighted by Crippen LogP contribution is -2.40. The average molecular weight is 367 g/mol. The predicted octanol–water partition coefficient (Wildman–Crippen LogP) is 2.42. The molecule has 0 N–H and O–H groups in total. The van der Waals surface area contributed by atoms with E-state index < -0.39 is 17.8 Å². The minimum Gasteiger partial charge on any atom is -0.486 e. The van der Waals surface area contributed by atoms with Crippen LogP contribution in [0.1, 0.15) is 16.1 Å². The average Bonchev–Trinajstić information content (AvgIpc) is 2.87. The summed E-state index contributed by atoms with van der Waals surface area (Å²) in [5.74, 6) is -0.0231. The lowest BCUT2D eigenvalue weighted by Gasteiger charge is -2.24. The van der Waals surface area contributed by atoms with Crippen LogP contribution in [0.25, 0.3) is 0 Å². The van der Waals surface area contributed by atoms with Gasteiger partial charge in [0.15, 0.2) is 0 Å². The van der Waals surface area contributed by atoms with Crippen molar-refractivity contribution >= 4 is 5.91 Å². The Bertz CT molecular complexity index is 738. The van der Waals surface area contributed by atoms with Crippen molar-refractivity contribution in [3.63, 3.8) is 0 Å². The van der Waals surface area contributed by atoms with Crippen molar-refractivity contribution in [1.29, 1.82) is 0 Å². The highest BCUT2D eigenvalue weighted by Crippen LogP contribution is 2.30. The Balaban J connectivity index is 1.67. The fourth-order valence-corrected chi connectivity index (χ4v) is 2.52. The van der Waals surface area contributed by atoms with Crippen molar-refractivity contribution < 1.29 is 27.4 Å². The fourth-order valence-electron chi connectivity index (χ4n) is 2.52. The second kappa shape index (κ2) is 7.69. The molecular weight excluding hydrogens is 351 g/mol. The highest BCUT2D eigenvalue weighted by Gasteiger charge is 2.30. The van der Waals surface area contributed by atoms with Crippen LogP contribution in [0.2, 0.25) is 0 Å². The summed E-state index contributed by atoms with van der Waals surface area (Å²) in [6, 6.07) is 4.41. The summed E-state index contributed by atoms with van der Waals surface area (Å²) in [4.78, 5) is 21.9. The molecule has 2 aromatic rings. The topological polar surface area (TPSA) is 64.6 Å². The van der Waals surface area contributed by atoms with Crippen molar-refractivity contribution in [2.45, 2.75) is 12.3 Å². The highest BCUT2D eigenvalue weighted by molar-refractivity contribution is 5.92. The highest BCUT2D eigenvalue weighted by atomic mass is 19.4. The molecular formula is C17H16F3N3O3. The number of carbonyl (C=O) groups excluding carboxylic acids is 1. The van der Waals surface area contributed by atoms with Crippen LogP contribution in [0.15, 0.2) is 42.9 Å². The van der Waals surface area contributed by atoms with E-state index in [-0.39, 0.29) is 30.5 Å². The van der Waals surface area contributed by atoms with Crippen molar-refractivity contribution in [3.8, 4) is 5.75 Å². The molecule has 0 bridgehead atoms. The van der Waals surface area contributed by atoms with Crippen LogP contribution in [0.4, 0.5) is 13.2 Å². The molecule has 1 aliphatic heterocycles. The van der Waals surface area contributed by atoms with Crippen LogP contribution >= 0.6 is 0 Å². The van der Waals surface area contributed by atoms with E-state index in [2.05, 4.69) is 9.97 Å². The van der Waals surface area contributed by atoms with Gasteiger partial charge in [-0.05, 0) is 24.3 Å². The monoisotopic (exact) mass is 367 g/mol. The van der Waals surface area contributed by atoms with Gasteiger partial charge < -0.3 is 14.4 Å². The molecule has 26 heavy (non-hydrogen) atoms. The van der Waals surface area contributed by atoms with Gasteiger partial charge in [-0.3, -0.25) is 9.78 Å². The molecule has 0 spiro atoms. The van der Waals surface area contributed by atoms with E-state index >= 15 is 0 Å². The molecule has 1 fully saturated rings. The summed E-state index contributed by atoms with van der Waals surface area (Å²) in [6.45, 7) is 1.16. The lowest BCUT2D eigenvalue weighted by molar-refractivity contribution is -0.137. The third kappa shape index (κ3) is 4.48. The number of nitrogens with zero attached hydrogens (tertiary/aromatic N) is 3. The van der Waals surface area contributed by atoms with E-state index in [4.69, 9.17) is 9.47 Å². The minimum atomic E-state index is -4.40. The normalized spacial score (nSPS) is 18.3. The lowest BCUT2D eigenvalue weighted by atomic mass is 10.2. The van der Waals surface area contributed by atoms with Gasteiger partial charge in [0, 0.05) is 18.9 Å². The minimum absolute atomic E-state index is 0.211. The van der Waals surface area contributed by atoms with Crippen LogP contribution in [0.5, 0.6) is 5.75 Å². The first-order valence-electron chi connectivity index (χ1n) is 7.90. The fraction of sp³-hybridized carbons (Fsp3) is 0.353. The summed E-state index contributed by atoms with van der Waals surface area (Å²) < 4.78 is 49.0. The van der Waals surface area contributed by atoms with Crippen LogP contribution in [0, 0.1) is 0 Å². The molecule has 0 saturated carbocycles. The Morgan fingerprint density at radius 3 is 2.65 bits per heavy atom. The maximum atomic E-state index is 12.6. The molecule has 0 aliphatic carbocycles. The van der Waals surface area contributed by atoms with Gasteiger partial charge in [-0.25, -0.2) is 4.98 Å². The van der Waals surface area contributed by atoms with Crippen LogP contribution in [-0.2, 0) is 10.9 Å². The second-order valence-electron chi connectivity index (χ2n) is 5.68. The number of benzene rings is 1. The zero-order chi connectivity index (χ0) is 18.6. The van der Waals surface area contributed by atoms with Gasteiger partial charge in [0.2, 0.25) is 0 Å². The molecule has 9 heteroatoms. The summed E-state index contributed by atoms with van der Waals surface area (Å²) in [5.41, 5.74) is -0.538. The van der Waals surface area contributed by atoms with Crippen molar-refractivity contribution in [3.05, 3.63) is 54.1 Å². The molecule has 1 aromatic carbocycles. The van der Waals surface area contributed by atoms with Gasteiger partial charge in [-0.1, -0.05) is 0 Å². The number of aromatic nitrogens is 2. The SMILES string of the molecule is O=C(c1cnccn1)N1CCOC[C@H](Oc2ccc(C(F)(F)F)cc2)C1. The molecule has 2 heterocycles. The number of alkyl halides is 3. The van der Waals surface area contributed by atoms with Gasteiger partial charge in [-0.2, -0.15) is 13.2 Å². The molecule has 1 saturated heterocycles. The Labute approximate surface area is 147 Å². The first-order chi connectivity index (χ1) is 12.4. The van der Waals surface area contributed by atoms with E-state index in [9.17, 15) is 18.0 Å². The maximum absolute atomic E-state index is 12.6. The van der Waals surface area contributed by atoms with Crippen molar-refractivity contribution in [2.75, 3.05) is 26.3 Å². The summed E-state index contributed by atoms with van der Waals surface area (Å²) in [6.07, 6.45) is -0.629. The van der Waals surface area contributed by atoms with E-state index in [0.29, 0.717) is 13.2 Å². The van der Waals surface area contributed by atoms with Gasteiger partial charge in [-0.15, -0.1) is 0 Å². The Morgan fingerprint density at radius 1 is 1.23 bits per heavy atom. The Kier molecular flexibility index (Phi) is 5.36. The zero-order valence-electron chi connectivity index (χ0n) is 13.6.